The molecule has 0 unspecified atom stereocenters. The first-order valence-electron chi connectivity index (χ1n) is 11.4. The molecule has 0 aliphatic heterocycles. The van der Waals surface area contributed by atoms with Gasteiger partial charge < -0.3 is 13.8 Å². The molecular weight excluding hydrogens is 418 g/mol. The van der Waals surface area contributed by atoms with Crippen LogP contribution in [-0.4, -0.2) is 49.2 Å². The monoisotopic (exact) mass is 463 g/mol. The summed E-state index contributed by atoms with van der Waals surface area (Å²) in [5, 5.41) is 0.408. The highest BCUT2D eigenvalue weighted by Gasteiger charge is 2.38. The first kappa shape index (κ1) is 27.8. The molecule has 6 heteroatoms. The zero-order valence-corrected chi connectivity index (χ0v) is 23.5. The van der Waals surface area contributed by atoms with Crippen LogP contribution in [0.3, 0.4) is 0 Å². The Morgan fingerprint density at radius 2 is 1.23 bits per heavy atom. The van der Waals surface area contributed by atoms with E-state index in [4.69, 9.17) is 8.85 Å². The van der Waals surface area contributed by atoms with Crippen LogP contribution in [0.5, 0.6) is 0 Å². The molecular formula is C25H45NO3Si2. The normalized spacial score (nSPS) is 13.6. The fourth-order valence-electron chi connectivity index (χ4n) is 2.57. The average Bonchev–Trinajstić information content (AvgIpc) is 2.63. The van der Waals surface area contributed by atoms with E-state index in [1.165, 1.54) is 6.08 Å². The van der Waals surface area contributed by atoms with E-state index in [2.05, 4.69) is 84.8 Å². The smallest absolute Gasteiger partial charge is 0.192 e. The maximum atomic E-state index is 10.6. The van der Waals surface area contributed by atoms with Crippen LogP contribution in [0.15, 0.2) is 30.3 Å². The zero-order valence-electron chi connectivity index (χ0n) is 21.5. The first-order valence-corrected chi connectivity index (χ1v) is 17.2. The molecule has 0 fully saturated rings. The minimum atomic E-state index is -1.78. The molecule has 0 heterocycles. The molecule has 0 amide bonds. The van der Waals surface area contributed by atoms with E-state index in [9.17, 15) is 4.79 Å². The van der Waals surface area contributed by atoms with Gasteiger partial charge in [0.1, 0.15) is 6.29 Å². The van der Waals surface area contributed by atoms with Crippen molar-refractivity contribution >= 4 is 34.7 Å². The zero-order chi connectivity index (χ0) is 23.9. The summed E-state index contributed by atoms with van der Waals surface area (Å²) in [6, 6.07) is 8.32. The molecule has 0 radical (unpaired) electrons. The second-order valence-electron chi connectivity index (χ2n) is 11.3. The largest absolute Gasteiger partial charge is 0.415 e. The van der Waals surface area contributed by atoms with Crippen molar-refractivity contribution in [1.29, 1.82) is 0 Å². The third-order valence-corrected chi connectivity index (χ3v) is 16.0. The SMILES string of the molecule is CC(C)(C)[Si](C)(C)OCCN(CCO[Si](C)(C)C(C)(C)C)c1ccc(C=CC=O)cc1. The van der Waals surface area contributed by atoms with Crippen molar-refractivity contribution in [2.24, 2.45) is 0 Å². The van der Waals surface area contributed by atoms with Crippen LogP contribution in [-0.2, 0) is 13.6 Å². The van der Waals surface area contributed by atoms with Gasteiger partial charge in [-0.05, 0) is 60.0 Å². The molecule has 0 saturated heterocycles. The number of allylic oxidation sites excluding steroid dienone is 1. The van der Waals surface area contributed by atoms with Gasteiger partial charge in [-0.2, -0.15) is 0 Å². The second-order valence-corrected chi connectivity index (χ2v) is 20.9. The van der Waals surface area contributed by atoms with Crippen LogP contribution < -0.4 is 4.90 Å². The molecule has 0 saturated carbocycles. The van der Waals surface area contributed by atoms with E-state index < -0.39 is 16.6 Å². The fraction of sp³-hybridized carbons (Fsp3) is 0.640. The van der Waals surface area contributed by atoms with Crippen LogP contribution in [0, 0.1) is 0 Å². The van der Waals surface area contributed by atoms with Crippen LogP contribution in [0.25, 0.3) is 6.08 Å². The Morgan fingerprint density at radius 1 is 0.806 bits per heavy atom. The Balaban J connectivity index is 2.89. The number of nitrogens with zero attached hydrogens (tertiary/aromatic N) is 1. The molecule has 0 aromatic heterocycles. The molecule has 1 rings (SSSR count). The summed E-state index contributed by atoms with van der Waals surface area (Å²) in [5.74, 6) is 0. The molecule has 0 aliphatic carbocycles. The van der Waals surface area contributed by atoms with Gasteiger partial charge in [0.25, 0.3) is 0 Å². The van der Waals surface area contributed by atoms with E-state index in [-0.39, 0.29) is 10.1 Å². The van der Waals surface area contributed by atoms with E-state index >= 15 is 0 Å². The highest BCUT2D eigenvalue weighted by molar-refractivity contribution is 6.74. The van der Waals surface area contributed by atoms with Crippen molar-refractivity contribution in [1.82, 2.24) is 0 Å². The van der Waals surface area contributed by atoms with Gasteiger partial charge in [0, 0.05) is 18.8 Å². The summed E-state index contributed by atoms with van der Waals surface area (Å²) in [7, 11) is -3.55. The summed E-state index contributed by atoms with van der Waals surface area (Å²) in [6.07, 6.45) is 4.14. The average molecular weight is 464 g/mol. The van der Waals surface area contributed by atoms with Crippen LogP contribution in [0.2, 0.25) is 36.3 Å². The molecule has 4 nitrogen and oxygen atoms in total. The molecule has 176 valence electrons. The molecule has 1 aromatic rings. The highest BCUT2D eigenvalue weighted by Crippen LogP contribution is 2.37. The molecule has 0 spiro atoms. The molecule has 1 aromatic carbocycles. The number of aldehydes is 1. The van der Waals surface area contributed by atoms with E-state index in [0.29, 0.717) is 13.2 Å². The summed E-state index contributed by atoms with van der Waals surface area (Å²) in [4.78, 5) is 12.9. The van der Waals surface area contributed by atoms with Crippen molar-refractivity contribution in [3.05, 3.63) is 35.9 Å². The van der Waals surface area contributed by atoms with E-state index in [1.807, 2.05) is 18.2 Å². The Kier molecular flexibility index (Phi) is 9.94. The third-order valence-electron chi connectivity index (χ3n) is 6.89. The molecule has 0 aliphatic rings. The van der Waals surface area contributed by atoms with Gasteiger partial charge in [0.15, 0.2) is 16.6 Å². The van der Waals surface area contributed by atoms with Gasteiger partial charge >= 0.3 is 0 Å². The second kappa shape index (κ2) is 11.1. The van der Waals surface area contributed by atoms with Crippen molar-refractivity contribution in [3.8, 4) is 0 Å². The summed E-state index contributed by atoms with van der Waals surface area (Å²) in [6.45, 7) is 25.9. The van der Waals surface area contributed by atoms with Gasteiger partial charge in [-0.25, -0.2) is 0 Å². The van der Waals surface area contributed by atoms with Gasteiger partial charge in [-0.3, -0.25) is 4.79 Å². The Bertz CT molecular complexity index is 682. The Morgan fingerprint density at radius 3 is 1.58 bits per heavy atom. The van der Waals surface area contributed by atoms with Crippen LogP contribution in [0.1, 0.15) is 47.1 Å². The van der Waals surface area contributed by atoms with E-state index in [0.717, 1.165) is 30.6 Å². The fourth-order valence-corrected chi connectivity index (χ4v) is 4.64. The maximum Gasteiger partial charge on any atom is 0.192 e. The van der Waals surface area contributed by atoms with Gasteiger partial charge in [0.05, 0.1) is 13.2 Å². The van der Waals surface area contributed by atoms with Crippen molar-refractivity contribution < 1.29 is 13.6 Å². The summed E-state index contributed by atoms with van der Waals surface area (Å²) >= 11 is 0. The number of rotatable bonds is 11. The molecule has 0 N–H and O–H groups in total. The minimum absolute atomic E-state index is 0.204. The van der Waals surface area contributed by atoms with Gasteiger partial charge in [-0.1, -0.05) is 59.8 Å². The standard InChI is InChI=1S/C25H45NO3Si2/c1-24(2,3)30(7,8)28-20-17-26(18-21-29-31(9,10)25(4,5)6)23-15-13-22(14-16-23)12-11-19-27/h11-16,19H,17-18,20-21H2,1-10H3. The Labute approximate surface area is 193 Å². The lowest BCUT2D eigenvalue weighted by atomic mass is 10.2. The first-order chi connectivity index (χ1) is 14.1. The highest BCUT2D eigenvalue weighted by atomic mass is 28.4. The molecule has 31 heavy (non-hydrogen) atoms. The van der Waals surface area contributed by atoms with Gasteiger partial charge in [-0.15, -0.1) is 0 Å². The van der Waals surface area contributed by atoms with Crippen molar-refractivity contribution in [2.45, 2.75) is 77.8 Å². The third kappa shape index (κ3) is 8.68. The topological polar surface area (TPSA) is 38.8 Å². The van der Waals surface area contributed by atoms with Gasteiger partial charge in [0.2, 0.25) is 0 Å². The summed E-state index contributed by atoms with van der Waals surface area (Å²) in [5.41, 5.74) is 2.17. The van der Waals surface area contributed by atoms with Crippen LogP contribution >= 0.6 is 0 Å². The van der Waals surface area contributed by atoms with E-state index in [1.54, 1.807) is 0 Å². The predicted octanol–water partition coefficient (Wildman–Crippen LogP) is 6.75. The lowest BCUT2D eigenvalue weighted by Crippen LogP contribution is -2.44. The number of benzene rings is 1. The molecule has 0 bridgehead atoms. The van der Waals surface area contributed by atoms with Crippen molar-refractivity contribution in [3.63, 3.8) is 0 Å². The number of carbonyl (C=O) groups is 1. The summed E-state index contributed by atoms with van der Waals surface area (Å²) < 4.78 is 12.9. The lowest BCUT2D eigenvalue weighted by molar-refractivity contribution is -0.104. The lowest BCUT2D eigenvalue weighted by Gasteiger charge is -2.38. The molecule has 0 atom stereocenters. The number of hydrogen-bond acceptors (Lipinski definition) is 4. The van der Waals surface area contributed by atoms with Crippen LogP contribution in [0.4, 0.5) is 5.69 Å². The Hall–Kier alpha value is -1.22. The number of anilines is 1. The number of hydrogen-bond donors (Lipinski definition) is 0. The van der Waals surface area contributed by atoms with Crippen molar-refractivity contribution in [2.75, 3.05) is 31.2 Å². The number of carbonyl (C=O) groups excluding carboxylic acids is 1. The minimum Gasteiger partial charge on any atom is -0.415 e. The quantitative estimate of drug-likeness (QED) is 0.207. The maximum absolute atomic E-state index is 10.6. The predicted molar refractivity (Wildman–Crippen MR) is 140 cm³/mol.